The molecule has 1 atom stereocenters. The topological polar surface area (TPSA) is 12.0 Å². The molecule has 0 aliphatic rings. The van der Waals surface area contributed by atoms with Gasteiger partial charge in [-0.3, -0.25) is 0 Å². The van der Waals surface area contributed by atoms with Crippen molar-refractivity contribution in [1.29, 1.82) is 0 Å². The molecule has 1 aromatic rings. The monoisotopic (exact) mass is 239 g/mol. The zero-order chi connectivity index (χ0) is 12.0. The van der Waals surface area contributed by atoms with E-state index < -0.39 is 0 Å². The van der Waals surface area contributed by atoms with Gasteiger partial charge in [0.25, 0.3) is 0 Å². The number of hydrogen-bond acceptors (Lipinski definition) is 1. The molecule has 16 heavy (non-hydrogen) atoms. The lowest BCUT2D eigenvalue weighted by Gasteiger charge is -2.14. The zero-order valence-electron chi connectivity index (χ0n) is 10.5. The normalized spacial score (nSPS) is 12.8. The SMILES string of the molecule is CCCCNC(C)Cc1ccc(Cl)c(C)c1. The number of hydrogen-bond donors (Lipinski definition) is 1. The lowest BCUT2D eigenvalue weighted by atomic mass is 10.0. The zero-order valence-corrected chi connectivity index (χ0v) is 11.3. The van der Waals surface area contributed by atoms with Crippen molar-refractivity contribution in [3.05, 3.63) is 34.3 Å². The van der Waals surface area contributed by atoms with Crippen molar-refractivity contribution in [2.45, 2.75) is 46.1 Å². The van der Waals surface area contributed by atoms with Gasteiger partial charge in [0.2, 0.25) is 0 Å². The van der Waals surface area contributed by atoms with E-state index in [1.807, 2.05) is 6.07 Å². The van der Waals surface area contributed by atoms with Crippen LogP contribution in [0.15, 0.2) is 18.2 Å². The maximum atomic E-state index is 6.00. The molecule has 0 fully saturated rings. The predicted octanol–water partition coefficient (Wildman–Crippen LogP) is 3.97. The van der Waals surface area contributed by atoms with Crippen molar-refractivity contribution in [3.8, 4) is 0 Å². The first-order valence-electron chi connectivity index (χ1n) is 6.12. The summed E-state index contributed by atoms with van der Waals surface area (Å²) in [6, 6.07) is 6.82. The second-order valence-electron chi connectivity index (χ2n) is 4.50. The summed E-state index contributed by atoms with van der Waals surface area (Å²) in [4.78, 5) is 0. The van der Waals surface area contributed by atoms with Gasteiger partial charge in [0.15, 0.2) is 0 Å². The average Bonchev–Trinajstić information content (AvgIpc) is 2.24. The fourth-order valence-corrected chi connectivity index (χ4v) is 1.90. The Morgan fingerprint density at radius 2 is 2.12 bits per heavy atom. The molecule has 0 bridgehead atoms. The standard InChI is InChI=1S/C14H22ClN/c1-4-5-8-16-12(3)10-13-6-7-14(15)11(2)9-13/h6-7,9,12,16H,4-5,8,10H2,1-3H3. The van der Waals surface area contributed by atoms with E-state index in [0.717, 1.165) is 18.0 Å². The van der Waals surface area contributed by atoms with Crippen LogP contribution in [0.4, 0.5) is 0 Å². The maximum absolute atomic E-state index is 6.00. The molecule has 0 aliphatic carbocycles. The van der Waals surface area contributed by atoms with Gasteiger partial charge in [0.05, 0.1) is 0 Å². The molecule has 90 valence electrons. The second kappa shape index (κ2) is 6.93. The Morgan fingerprint density at radius 1 is 1.38 bits per heavy atom. The Hall–Kier alpha value is -0.530. The van der Waals surface area contributed by atoms with Gasteiger partial charge in [-0.1, -0.05) is 37.1 Å². The lowest BCUT2D eigenvalue weighted by molar-refractivity contribution is 0.531. The third-order valence-corrected chi connectivity index (χ3v) is 3.21. The molecule has 0 saturated carbocycles. The first-order chi connectivity index (χ1) is 7.63. The number of unbranched alkanes of at least 4 members (excludes halogenated alkanes) is 1. The fourth-order valence-electron chi connectivity index (χ4n) is 1.78. The van der Waals surface area contributed by atoms with Crippen LogP contribution in [0.25, 0.3) is 0 Å². The Bertz CT molecular complexity index is 323. The Kier molecular flexibility index (Phi) is 5.86. The van der Waals surface area contributed by atoms with Crippen molar-refractivity contribution in [2.75, 3.05) is 6.54 Å². The lowest BCUT2D eigenvalue weighted by Crippen LogP contribution is -2.28. The first kappa shape index (κ1) is 13.5. The summed E-state index contributed by atoms with van der Waals surface area (Å²) >= 11 is 6.00. The van der Waals surface area contributed by atoms with Crippen LogP contribution in [0.1, 0.15) is 37.8 Å². The molecule has 2 heteroatoms. The van der Waals surface area contributed by atoms with Gasteiger partial charge in [0.1, 0.15) is 0 Å². The number of rotatable bonds is 6. The molecule has 0 heterocycles. The minimum Gasteiger partial charge on any atom is -0.314 e. The van der Waals surface area contributed by atoms with Gasteiger partial charge in [-0.15, -0.1) is 0 Å². The quantitative estimate of drug-likeness (QED) is 0.741. The third-order valence-electron chi connectivity index (χ3n) is 2.79. The van der Waals surface area contributed by atoms with Crippen LogP contribution in [-0.2, 0) is 6.42 Å². The number of halogens is 1. The molecular weight excluding hydrogens is 218 g/mol. The molecule has 1 unspecified atom stereocenters. The van der Waals surface area contributed by atoms with E-state index in [1.165, 1.54) is 24.0 Å². The minimum absolute atomic E-state index is 0.534. The summed E-state index contributed by atoms with van der Waals surface area (Å²) in [5.41, 5.74) is 2.53. The molecule has 1 nitrogen and oxygen atoms in total. The molecule has 0 saturated heterocycles. The molecule has 0 amide bonds. The minimum atomic E-state index is 0.534. The highest BCUT2D eigenvalue weighted by Crippen LogP contribution is 2.17. The number of benzene rings is 1. The van der Waals surface area contributed by atoms with Crippen LogP contribution in [0.3, 0.4) is 0 Å². The van der Waals surface area contributed by atoms with E-state index in [4.69, 9.17) is 11.6 Å². The van der Waals surface area contributed by atoms with Gasteiger partial charge < -0.3 is 5.32 Å². The largest absolute Gasteiger partial charge is 0.314 e. The van der Waals surface area contributed by atoms with Crippen molar-refractivity contribution >= 4 is 11.6 Å². The Morgan fingerprint density at radius 3 is 2.75 bits per heavy atom. The highest BCUT2D eigenvalue weighted by molar-refractivity contribution is 6.31. The van der Waals surface area contributed by atoms with Crippen LogP contribution in [0.2, 0.25) is 5.02 Å². The van der Waals surface area contributed by atoms with Gasteiger partial charge in [-0.2, -0.15) is 0 Å². The third kappa shape index (κ3) is 4.54. The summed E-state index contributed by atoms with van der Waals surface area (Å²) < 4.78 is 0. The van der Waals surface area contributed by atoms with Gasteiger partial charge in [-0.05, 0) is 50.4 Å². The highest BCUT2D eigenvalue weighted by atomic mass is 35.5. The fraction of sp³-hybridized carbons (Fsp3) is 0.571. The number of aryl methyl sites for hydroxylation is 1. The van der Waals surface area contributed by atoms with Gasteiger partial charge in [-0.25, -0.2) is 0 Å². The molecule has 0 spiro atoms. The molecule has 1 aromatic carbocycles. The Balaban J connectivity index is 2.43. The van der Waals surface area contributed by atoms with Crippen molar-refractivity contribution in [2.24, 2.45) is 0 Å². The molecular formula is C14H22ClN. The van der Waals surface area contributed by atoms with Crippen molar-refractivity contribution in [1.82, 2.24) is 5.32 Å². The predicted molar refractivity (Wildman–Crippen MR) is 72.3 cm³/mol. The second-order valence-corrected chi connectivity index (χ2v) is 4.90. The molecule has 0 aliphatic heterocycles. The van der Waals surface area contributed by atoms with Crippen molar-refractivity contribution < 1.29 is 0 Å². The van der Waals surface area contributed by atoms with E-state index in [-0.39, 0.29) is 0 Å². The summed E-state index contributed by atoms with van der Waals surface area (Å²) in [5.74, 6) is 0. The molecule has 1 N–H and O–H groups in total. The smallest absolute Gasteiger partial charge is 0.0435 e. The molecule has 0 radical (unpaired) electrons. The van der Waals surface area contributed by atoms with Crippen LogP contribution < -0.4 is 5.32 Å². The van der Waals surface area contributed by atoms with E-state index in [9.17, 15) is 0 Å². The summed E-state index contributed by atoms with van der Waals surface area (Å²) in [7, 11) is 0. The summed E-state index contributed by atoms with van der Waals surface area (Å²) in [6.07, 6.45) is 3.57. The van der Waals surface area contributed by atoms with E-state index in [2.05, 4.69) is 38.2 Å². The summed E-state index contributed by atoms with van der Waals surface area (Å²) in [6.45, 7) is 7.62. The van der Waals surface area contributed by atoms with Crippen LogP contribution in [0, 0.1) is 6.92 Å². The van der Waals surface area contributed by atoms with Crippen LogP contribution in [-0.4, -0.2) is 12.6 Å². The van der Waals surface area contributed by atoms with E-state index in [0.29, 0.717) is 6.04 Å². The van der Waals surface area contributed by atoms with E-state index >= 15 is 0 Å². The first-order valence-corrected chi connectivity index (χ1v) is 6.49. The van der Waals surface area contributed by atoms with Gasteiger partial charge in [0, 0.05) is 11.1 Å². The number of nitrogens with one attached hydrogen (secondary N) is 1. The average molecular weight is 240 g/mol. The molecule has 1 rings (SSSR count). The maximum Gasteiger partial charge on any atom is 0.0435 e. The molecule has 0 aromatic heterocycles. The van der Waals surface area contributed by atoms with Crippen molar-refractivity contribution in [3.63, 3.8) is 0 Å². The van der Waals surface area contributed by atoms with E-state index in [1.54, 1.807) is 0 Å². The van der Waals surface area contributed by atoms with Crippen LogP contribution in [0.5, 0.6) is 0 Å². The summed E-state index contributed by atoms with van der Waals surface area (Å²) in [5, 5.41) is 4.39. The highest BCUT2D eigenvalue weighted by Gasteiger charge is 2.03. The van der Waals surface area contributed by atoms with Crippen LogP contribution >= 0.6 is 11.6 Å². The Labute approximate surface area is 104 Å². The van der Waals surface area contributed by atoms with Gasteiger partial charge >= 0.3 is 0 Å².